The van der Waals surface area contributed by atoms with Crippen molar-refractivity contribution in [2.75, 3.05) is 11.9 Å². The second-order valence-corrected chi connectivity index (χ2v) is 4.75. The molecule has 0 fully saturated rings. The van der Waals surface area contributed by atoms with E-state index < -0.39 is 11.7 Å². The topological polar surface area (TPSA) is 29.9 Å². The molecule has 0 aliphatic rings. The Labute approximate surface area is 116 Å². The van der Waals surface area contributed by atoms with Gasteiger partial charge >= 0.3 is 6.18 Å². The summed E-state index contributed by atoms with van der Waals surface area (Å²) >= 11 is 3.38. The van der Waals surface area contributed by atoms with Crippen LogP contribution in [0.15, 0.2) is 41.1 Å². The van der Waals surface area contributed by atoms with Crippen molar-refractivity contribution >= 4 is 21.6 Å². The lowest BCUT2D eigenvalue weighted by Gasteiger charge is -2.08. The van der Waals surface area contributed by atoms with E-state index in [1.807, 2.05) is 24.3 Å². The highest BCUT2D eigenvalue weighted by Gasteiger charge is 2.32. The van der Waals surface area contributed by atoms with Gasteiger partial charge in [-0.05, 0) is 28.1 Å². The first-order valence-electron chi connectivity index (χ1n) is 5.55. The van der Waals surface area contributed by atoms with Crippen LogP contribution in [0.3, 0.4) is 0 Å². The van der Waals surface area contributed by atoms with Crippen LogP contribution in [0, 0.1) is 0 Å². The van der Waals surface area contributed by atoms with Gasteiger partial charge in [0.1, 0.15) is 0 Å². The van der Waals surface area contributed by atoms with Crippen molar-refractivity contribution in [1.82, 2.24) is 9.78 Å². The van der Waals surface area contributed by atoms with E-state index >= 15 is 0 Å². The van der Waals surface area contributed by atoms with E-state index in [1.54, 1.807) is 0 Å². The molecule has 2 rings (SSSR count). The zero-order valence-electron chi connectivity index (χ0n) is 9.78. The first kappa shape index (κ1) is 13.9. The summed E-state index contributed by atoms with van der Waals surface area (Å²) < 4.78 is 39.3. The Morgan fingerprint density at radius 3 is 2.63 bits per heavy atom. The third kappa shape index (κ3) is 3.73. The maximum Gasteiger partial charge on any atom is 0.419 e. The van der Waals surface area contributed by atoms with Gasteiger partial charge in [0.15, 0.2) is 0 Å². The fourth-order valence-corrected chi connectivity index (χ4v) is 1.97. The van der Waals surface area contributed by atoms with Crippen LogP contribution in [0.5, 0.6) is 0 Å². The molecule has 7 heteroatoms. The lowest BCUT2D eigenvalue weighted by Crippen LogP contribution is -2.11. The number of halogens is 4. The highest BCUT2D eigenvalue weighted by molar-refractivity contribution is 9.10. The van der Waals surface area contributed by atoms with Gasteiger partial charge in [-0.25, -0.2) is 0 Å². The van der Waals surface area contributed by atoms with Gasteiger partial charge in [-0.1, -0.05) is 12.1 Å². The van der Waals surface area contributed by atoms with Crippen molar-refractivity contribution < 1.29 is 13.2 Å². The third-order valence-electron chi connectivity index (χ3n) is 2.49. The van der Waals surface area contributed by atoms with Gasteiger partial charge in [0.2, 0.25) is 0 Å². The van der Waals surface area contributed by atoms with Crippen LogP contribution >= 0.6 is 15.9 Å². The zero-order valence-corrected chi connectivity index (χ0v) is 11.4. The molecule has 0 unspecified atom stereocenters. The molecule has 19 heavy (non-hydrogen) atoms. The molecule has 0 atom stereocenters. The highest BCUT2D eigenvalue weighted by Crippen LogP contribution is 2.28. The monoisotopic (exact) mass is 333 g/mol. The lowest BCUT2D eigenvalue weighted by molar-refractivity contribution is -0.137. The van der Waals surface area contributed by atoms with Gasteiger partial charge in [-0.2, -0.15) is 18.3 Å². The molecule has 1 heterocycles. The number of rotatable bonds is 4. The van der Waals surface area contributed by atoms with Crippen molar-refractivity contribution in [3.63, 3.8) is 0 Å². The zero-order chi connectivity index (χ0) is 13.9. The number of benzene rings is 1. The average Bonchev–Trinajstić information content (AvgIpc) is 2.80. The largest absolute Gasteiger partial charge is 0.419 e. The Bertz CT molecular complexity index is 551. The number of alkyl halides is 3. The summed E-state index contributed by atoms with van der Waals surface area (Å²) in [5, 5.41) is 6.80. The quantitative estimate of drug-likeness (QED) is 0.922. The average molecular weight is 334 g/mol. The number of nitrogens with zero attached hydrogens (tertiary/aromatic N) is 2. The summed E-state index contributed by atoms with van der Waals surface area (Å²) in [5.41, 5.74) is 0.166. The molecule has 2 aromatic rings. The predicted molar refractivity (Wildman–Crippen MR) is 69.9 cm³/mol. The Morgan fingerprint density at radius 2 is 2.00 bits per heavy atom. The van der Waals surface area contributed by atoms with Gasteiger partial charge in [-0.15, -0.1) is 0 Å². The van der Waals surface area contributed by atoms with E-state index in [1.165, 1.54) is 4.68 Å². The van der Waals surface area contributed by atoms with E-state index in [0.29, 0.717) is 13.1 Å². The maximum absolute atomic E-state index is 12.4. The number of anilines is 1. The van der Waals surface area contributed by atoms with Gasteiger partial charge < -0.3 is 5.32 Å². The van der Waals surface area contributed by atoms with E-state index in [4.69, 9.17) is 0 Å². The van der Waals surface area contributed by atoms with Gasteiger partial charge in [-0.3, -0.25) is 4.68 Å². The molecular formula is C12H11BrF3N3. The normalized spacial score (nSPS) is 11.6. The van der Waals surface area contributed by atoms with E-state index in [2.05, 4.69) is 26.3 Å². The summed E-state index contributed by atoms with van der Waals surface area (Å²) in [7, 11) is 0. The van der Waals surface area contributed by atoms with Crippen LogP contribution < -0.4 is 5.32 Å². The Balaban J connectivity index is 1.90. The Kier molecular flexibility index (Phi) is 4.14. The number of hydrogen-bond acceptors (Lipinski definition) is 2. The van der Waals surface area contributed by atoms with Crippen molar-refractivity contribution in [2.24, 2.45) is 0 Å². The van der Waals surface area contributed by atoms with Crippen LogP contribution in [-0.4, -0.2) is 16.3 Å². The molecule has 0 saturated carbocycles. The van der Waals surface area contributed by atoms with Gasteiger partial charge in [0.05, 0.1) is 18.3 Å². The van der Waals surface area contributed by atoms with E-state index in [-0.39, 0.29) is 0 Å². The molecule has 0 amide bonds. The first-order chi connectivity index (χ1) is 8.97. The van der Waals surface area contributed by atoms with Crippen molar-refractivity contribution in [3.8, 4) is 0 Å². The van der Waals surface area contributed by atoms with Crippen LogP contribution in [0.1, 0.15) is 5.56 Å². The summed E-state index contributed by atoms with van der Waals surface area (Å²) in [6.45, 7) is 0.846. The minimum atomic E-state index is -4.34. The molecule has 102 valence electrons. The summed E-state index contributed by atoms with van der Waals surface area (Å²) in [6, 6.07) is 7.54. The minimum absolute atomic E-state index is 0.359. The molecule has 1 aromatic carbocycles. The molecular weight excluding hydrogens is 323 g/mol. The fourth-order valence-electron chi connectivity index (χ4n) is 1.54. The molecule has 1 N–H and O–H groups in total. The Hall–Kier alpha value is -1.50. The summed E-state index contributed by atoms with van der Waals surface area (Å²) in [6.07, 6.45) is -2.51. The molecule has 0 aliphatic heterocycles. The first-order valence-corrected chi connectivity index (χ1v) is 6.34. The van der Waals surface area contributed by atoms with Crippen molar-refractivity contribution in [2.45, 2.75) is 12.7 Å². The molecule has 1 aromatic heterocycles. The second-order valence-electron chi connectivity index (χ2n) is 3.90. The molecule has 0 bridgehead atoms. The summed E-state index contributed by atoms with van der Waals surface area (Å²) in [5.74, 6) is 0. The van der Waals surface area contributed by atoms with Crippen molar-refractivity contribution in [1.29, 1.82) is 0 Å². The minimum Gasteiger partial charge on any atom is -0.382 e. The third-order valence-corrected chi connectivity index (χ3v) is 3.18. The predicted octanol–water partition coefficient (Wildman–Crippen LogP) is 3.78. The van der Waals surface area contributed by atoms with E-state index in [0.717, 1.165) is 22.6 Å². The SMILES string of the molecule is FC(F)(F)c1cnn(CCNc2ccccc2Br)c1. The second kappa shape index (κ2) is 5.64. The number of nitrogens with one attached hydrogen (secondary N) is 1. The molecule has 0 aliphatic carbocycles. The van der Waals surface area contributed by atoms with Crippen LogP contribution in [-0.2, 0) is 12.7 Å². The maximum atomic E-state index is 12.4. The fraction of sp³-hybridized carbons (Fsp3) is 0.250. The standard InChI is InChI=1S/C12H11BrF3N3/c13-10-3-1-2-4-11(10)17-5-6-19-8-9(7-18-19)12(14,15)16/h1-4,7-8,17H,5-6H2. The number of hydrogen-bond donors (Lipinski definition) is 1. The Morgan fingerprint density at radius 1 is 1.26 bits per heavy atom. The number of para-hydroxylation sites is 1. The van der Waals surface area contributed by atoms with Crippen LogP contribution in [0.25, 0.3) is 0 Å². The van der Waals surface area contributed by atoms with E-state index in [9.17, 15) is 13.2 Å². The van der Waals surface area contributed by atoms with Crippen LogP contribution in [0.2, 0.25) is 0 Å². The van der Waals surface area contributed by atoms with Crippen molar-refractivity contribution in [3.05, 3.63) is 46.7 Å². The number of aromatic nitrogens is 2. The summed E-state index contributed by atoms with van der Waals surface area (Å²) in [4.78, 5) is 0. The highest BCUT2D eigenvalue weighted by atomic mass is 79.9. The van der Waals surface area contributed by atoms with Crippen LogP contribution in [0.4, 0.5) is 18.9 Å². The molecule has 0 spiro atoms. The van der Waals surface area contributed by atoms with Gasteiger partial charge in [0.25, 0.3) is 0 Å². The lowest BCUT2D eigenvalue weighted by atomic mass is 10.3. The molecule has 0 saturated heterocycles. The van der Waals surface area contributed by atoms with Gasteiger partial charge in [0, 0.05) is 22.9 Å². The molecule has 0 radical (unpaired) electrons. The smallest absolute Gasteiger partial charge is 0.382 e. The molecule has 3 nitrogen and oxygen atoms in total.